The van der Waals surface area contributed by atoms with Crippen molar-refractivity contribution in [1.82, 2.24) is 4.57 Å². The number of ether oxygens (including phenoxy) is 3. The number of carbonyl (C=O) groups is 1. The van der Waals surface area contributed by atoms with Crippen LogP contribution < -0.4 is 29.3 Å². The van der Waals surface area contributed by atoms with Gasteiger partial charge in [-0.05, 0) is 71.4 Å². The van der Waals surface area contributed by atoms with Crippen LogP contribution >= 0.6 is 11.3 Å². The third-order valence-corrected chi connectivity index (χ3v) is 8.73. The van der Waals surface area contributed by atoms with Gasteiger partial charge in [0.1, 0.15) is 24.1 Å². The van der Waals surface area contributed by atoms with Crippen LogP contribution in [0.2, 0.25) is 0 Å². The fourth-order valence-electron chi connectivity index (χ4n) is 5.58. The average molecular weight is 640 g/mol. The lowest BCUT2D eigenvalue weighted by Gasteiger charge is -2.26. The number of nitrogens with zero attached hydrogens (tertiary/aromatic N) is 3. The van der Waals surface area contributed by atoms with Gasteiger partial charge >= 0.3 is 5.97 Å². The van der Waals surface area contributed by atoms with Crippen LogP contribution in [0, 0.1) is 0 Å². The molecule has 46 heavy (non-hydrogen) atoms. The normalized spacial score (nSPS) is 14.6. The number of aromatic nitrogens is 1. The zero-order chi connectivity index (χ0) is 32.8. The molecule has 3 aromatic carbocycles. The van der Waals surface area contributed by atoms with Crippen LogP contribution in [0.4, 0.5) is 5.69 Å². The Bertz CT molecular complexity index is 1910. The molecule has 2 heterocycles. The van der Waals surface area contributed by atoms with E-state index in [9.17, 15) is 9.59 Å². The quantitative estimate of drug-likeness (QED) is 0.177. The number of carbonyl (C=O) groups excluding carboxylic acids is 1. The number of rotatable bonds is 12. The zero-order valence-electron chi connectivity index (χ0n) is 27.3. The standard InChI is InChI=1S/C37H41N3O5S/c1-7-39(8-2)28-20-19-27(31(22-28)44-23-26-15-11-10-12-16-26)21-32-35(41)40-34(29-17-13-14-18-30(29)45-24(4)5)33(36(42)43-9-3)25(6)38-37(40)46-32/h10-22,24,34H,7-9,23H2,1-6H3/b32-21-/t34-/m1/s1. The molecular weight excluding hydrogens is 598 g/mol. The number of thiazole rings is 1. The third kappa shape index (κ3) is 6.94. The molecule has 0 spiro atoms. The average Bonchev–Trinajstić information content (AvgIpc) is 3.35. The van der Waals surface area contributed by atoms with E-state index in [1.165, 1.54) is 11.3 Å². The van der Waals surface area contributed by atoms with E-state index >= 15 is 0 Å². The first-order valence-electron chi connectivity index (χ1n) is 15.8. The van der Waals surface area contributed by atoms with Gasteiger partial charge in [-0.1, -0.05) is 59.9 Å². The number of fused-ring (bicyclic) bond motifs is 1. The molecule has 9 heteroatoms. The van der Waals surface area contributed by atoms with Gasteiger partial charge in [0.25, 0.3) is 5.56 Å². The Hall–Kier alpha value is -4.63. The van der Waals surface area contributed by atoms with Crippen molar-refractivity contribution in [1.29, 1.82) is 0 Å². The van der Waals surface area contributed by atoms with Crippen LogP contribution in [-0.2, 0) is 16.1 Å². The maximum atomic E-state index is 14.3. The third-order valence-electron chi connectivity index (χ3n) is 7.74. The Kier molecular flexibility index (Phi) is 10.4. The van der Waals surface area contributed by atoms with Gasteiger partial charge in [-0.2, -0.15) is 0 Å². The summed E-state index contributed by atoms with van der Waals surface area (Å²) in [5, 5.41) is 0. The van der Waals surface area contributed by atoms with E-state index in [0.717, 1.165) is 29.9 Å². The van der Waals surface area contributed by atoms with Gasteiger partial charge in [0.2, 0.25) is 0 Å². The highest BCUT2D eigenvalue weighted by molar-refractivity contribution is 7.07. The monoisotopic (exact) mass is 639 g/mol. The van der Waals surface area contributed by atoms with E-state index < -0.39 is 12.0 Å². The number of hydrogen-bond donors (Lipinski definition) is 0. The maximum absolute atomic E-state index is 14.3. The molecule has 0 unspecified atom stereocenters. The molecule has 4 aromatic rings. The molecule has 240 valence electrons. The summed E-state index contributed by atoms with van der Waals surface area (Å²) in [6.45, 7) is 14.0. The van der Waals surface area contributed by atoms with E-state index in [4.69, 9.17) is 19.2 Å². The van der Waals surface area contributed by atoms with Crippen molar-refractivity contribution < 1.29 is 19.0 Å². The number of hydrogen-bond acceptors (Lipinski definition) is 8. The van der Waals surface area contributed by atoms with Gasteiger partial charge in [-0.3, -0.25) is 9.36 Å². The summed E-state index contributed by atoms with van der Waals surface area (Å²) in [5.74, 6) is 0.762. The second-order valence-electron chi connectivity index (χ2n) is 11.2. The molecular formula is C37H41N3O5S. The summed E-state index contributed by atoms with van der Waals surface area (Å²) < 4.78 is 20.1. The Balaban J connectivity index is 1.67. The number of para-hydroxylation sites is 1. The van der Waals surface area contributed by atoms with Crippen molar-refractivity contribution in [3.05, 3.63) is 120 Å². The molecule has 5 rings (SSSR count). The van der Waals surface area contributed by atoms with Crippen LogP contribution in [0.15, 0.2) is 93.9 Å². The van der Waals surface area contributed by atoms with Crippen LogP contribution in [0.25, 0.3) is 6.08 Å². The molecule has 0 saturated carbocycles. The highest BCUT2D eigenvalue weighted by Crippen LogP contribution is 2.36. The van der Waals surface area contributed by atoms with Gasteiger partial charge in [0.05, 0.1) is 28.5 Å². The first-order valence-corrected chi connectivity index (χ1v) is 16.6. The fraction of sp³-hybridized carbons (Fsp3) is 0.324. The second kappa shape index (κ2) is 14.6. The molecule has 0 aliphatic carbocycles. The van der Waals surface area contributed by atoms with E-state index in [1.54, 1.807) is 18.4 Å². The van der Waals surface area contributed by atoms with Gasteiger partial charge in [-0.25, -0.2) is 9.79 Å². The summed E-state index contributed by atoms with van der Waals surface area (Å²) >= 11 is 1.28. The van der Waals surface area contributed by atoms with Crippen molar-refractivity contribution >= 4 is 29.1 Å². The predicted octanol–water partition coefficient (Wildman–Crippen LogP) is 6.01. The number of benzene rings is 3. The molecule has 0 fully saturated rings. The van der Waals surface area contributed by atoms with Crippen LogP contribution in [-0.4, -0.2) is 36.3 Å². The lowest BCUT2D eigenvalue weighted by atomic mass is 9.95. The minimum absolute atomic E-state index is 0.110. The highest BCUT2D eigenvalue weighted by Gasteiger charge is 2.35. The first-order chi connectivity index (χ1) is 22.2. The van der Waals surface area contributed by atoms with E-state index in [0.29, 0.717) is 44.3 Å². The molecule has 1 aromatic heterocycles. The Morgan fingerprint density at radius 2 is 1.72 bits per heavy atom. The minimum Gasteiger partial charge on any atom is -0.491 e. The highest BCUT2D eigenvalue weighted by atomic mass is 32.1. The molecule has 0 radical (unpaired) electrons. The van der Waals surface area contributed by atoms with Gasteiger partial charge < -0.3 is 19.1 Å². The van der Waals surface area contributed by atoms with Crippen LogP contribution in [0.3, 0.4) is 0 Å². The molecule has 1 atom stereocenters. The zero-order valence-corrected chi connectivity index (χ0v) is 28.1. The molecule has 0 amide bonds. The topological polar surface area (TPSA) is 82.4 Å². The van der Waals surface area contributed by atoms with E-state index in [-0.39, 0.29) is 18.3 Å². The van der Waals surface area contributed by atoms with Crippen LogP contribution in [0.5, 0.6) is 11.5 Å². The lowest BCUT2D eigenvalue weighted by molar-refractivity contribution is -0.139. The van der Waals surface area contributed by atoms with E-state index in [2.05, 4.69) is 24.8 Å². The second-order valence-corrected chi connectivity index (χ2v) is 12.2. The largest absolute Gasteiger partial charge is 0.491 e. The maximum Gasteiger partial charge on any atom is 0.338 e. The predicted molar refractivity (Wildman–Crippen MR) is 183 cm³/mol. The Morgan fingerprint density at radius 3 is 2.41 bits per heavy atom. The summed E-state index contributed by atoms with van der Waals surface area (Å²) in [5.41, 5.74) is 4.12. The van der Waals surface area contributed by atoms with Crippen molar-refractivity contribution in [2.75, 3.05) is 24.6 Å². The lowest BCUT2D eigenvalue weighted by Crippen LogP contribution is -2.40. The number of anilines is 1. The summed E-state index contributed by atoms with van der Waals surface area (Å²) in [4.78, 5) is 35.2. The van der Waals surface area contributed by atoms with Crippen molar-refractivity contribution in [2.45, 2.75) is 60.3 Å². The van der Waals surface area contributed by atoms with Gasteiger partial charge in [0, 0.05) is 36.0 Å². The SMILES string of the molecule is CCOC(=O)C1=C(C)N=c2s/c(=C\c3ccc(N(CC)CC)cc3OCc3ccccc3)c(=O)n2[C@@H]1c1ccccc1OC(C)C. The summed E-state index contributed by atoms with van der Waals surface area (Å²) in [6.07, 6.45) is 1.74. The molecule has 8 nitrogen and oxygen atoms in total. The molecule has 0 bridgehead atoms. The minimum atomic E-state index is -0.772. The summed E-state index contributed by atoms with van der Waals surface area (Å²) in [7, 11) is 0. The van der Waals surface area contributed by atoms with Gasteiger partial charge in [0.15, 0.2) is 4.80 Å². The molecule has 1 aliphatic heterocycles. The molecule has 1 aliphatic rings. The van der Waals surface area contributed by atoms with Crippen molar-refractivity contribution in [2.24, 2.45) is 4.99 Å². The smallest absolute Gasteiger partial charge is 0.338 e. The summed E-state index contributed by atoms with van der Waals surface area (Å²) in [6, 6.07) is 22.8. The Labute approximate surface area is 273 Å². The number of allylic oxidation sites excluding steroid dienone is 1. The van der Waals surface area contributed by atoms with Crippen molar-refractivity contribution in [3.63, 3.8) is 0 Å². The van der Waals surface area contributed by atoms with Crippen LogP contribution in [0.1, 0.15) is 64.3 Å². The fourth-order valence-corrected chi connectivity index (χ4v) is 6.62. The molecule has 0 N–H and O–H groups in total. The van der Waals surface area contributed by atoms with E-state index in [1.807, 2.05) is 86.7 Å². The molecule has 0 saturated heterocycles. The number of esters is 1. The van der Waals surface area contributed by atoms with Crippen molar-refractivity contribution in [3.8, 4) is 11.5 Å². The first kappa shape index (κ1) is 32.8. The Morgan fingerprint density at radius 1 is 1.00 bits per heavy atom. The van der Waals surface area contributed by atoms with Gasteiger partial charge in [-0.15, -0.1) is 0 Å².